The van der Waals surface area contributed by atoms with Crippen LogP contribution in [0.25, 0.3) is 0 Å². The first-order chi connectivity index (χ1) is 13.1. The average molecular weight is 360 g/mol. The van der Waals surface area contributed by atoms with Crippen LogP contribution >= 0.6 is 0 Å². The third kappa shape index (κ3) is 4.15. The summed E-state index contributed by atoms with van der Waals surface area (Å²) in [5.41, 5.74) is 3.88. The van der Waals surface area contributed by atoms with Gasteiger partial charge in [0.15, 0.2) is 0 Å². The topological polar surface area (TPSA) is 70.9 Å². The number of ether oxygens (including phenoxy) is 1. The van der Waals surface area contributed by atoms with Gasteiger partial charge in [-0.1, -0.05) is 41.1 Å². The van der Waals surface area contributed by atoms with E-state index < -0.39 is 0 Å². The SMILES string of the molecule is COc1ccc(/C(=N\O)c2ccccc2NC(=O)c2ccc(C)cc2)cc1. The first-order valence-corrected chi connectivity index (χ1v) is 8.46. The molecule has 0 unspecified atom stereocenters. The van der Waals surface area contributed by atoms with Crippen LogP contribution in [0.2, 0.25) is 0 Å². The van der Waals surface area contributed by atoms with Crippen molar-refractivity contribution in [3.8, 4) is 5.75 Å². The van der Waals surface area contributed by atoms with Gasteiger partial charge in [0.2, 0.25) is 0 Å². The van der Waals surface area contributed by atoms with E-state index in [4.69, 9.17) is 4.74 Å². The second kappa shape index (κ2) is 8.19. The zero-order valence-electron chi connectivity index (χ0n) is 15.1. The van der Waals surface area contributed by atoms with E-state index in [1.54, 1.807) is 55.6 Å². The highest BCUT2D eigenvalue weighted by Crippen LogP contribution is 2.22. The van der Waals surface area contributed by atoms with E-state index in [-0.39, 0.29) is 5.91 Å². The number of anilines is 1. The summed E-state index contributed by atoms with van der Waals surface area (Å²) in [6.45, 7) is 1.97. The lowest BCUT2D eigenvalue weighted by molar-refractivity contribution is 0.102. The van der Waals surface area contributed by atoms with Gasteiger partial charge in [0.1, 0.15) is 11.5 Å². The van der Waals surface area contributed by atoms with Crippen LogP contribution in [0.5, 0.6) is 5.75 Å². The molecule has 136 valence electrons. The molecule has 0 atom stereocenters. The minimum absolute atomic E-state index is 0.227. The minimum Gasteiger partial charge on any atom is -0.497 e. The van der Waals surface area contributed by atoms with E-state index in [1.807, 2.05) is 31.2 Å². The fourth-order valence-electron chi connectivity index (χ4n) is 2.71. The molecule has 5 nitrogen and oxygen atoms in total. The Labute approximate surface area is 157 Å². The molecule has 0 spiro atoms. The smallest absolute Gasteiger partial charge is 0.255 e. The standard InChI is InChI=1S/C22H20N2O3/c1-15-7-9-17(10-8-15)22(25)23-20-6-4-3-5-19(20)21(24-26)16-11-13-18(27-2)14-12-16/h3-14,26H,1-2H3,(H,23,25)/b24-21+. The maximum atomic E-state index is 12.6. The largest absolute Gasteiger partial charge is 0.497 e. The van der Waals surface area contributed by atoms with Crippen LogP contribution in [-0.4, -0.2) is 23.9 Å². The van der Waals surface area contributed by atoms with E-state index in [0.717, 1.165) is 5.56 Å². The molecule has 0 aliphatic rings. The van der Waals surface area contributed by atoms with Crippen LogP contribution in [0.1, 0.15) is 27.0 Å². The van der Waals surface area contributed by atoms with E-state index in [0.29, 0.717) is 33.8 Å². The number of hydrogen-bond acceptors (Lipinski definition) is 4. The van der Waals surface area contributed by atoms with Gasteiger partial charge < -0.3 is 15.3 Å². The first kappa shape index (κ1) is 18.2. The zero-order valence-corrected chi connectivity index (χ0v) is 15.1. The lowest BCUT2D eigenvalue weighted by atomic mass is 10.0. The van der Waals surface area contributed by atoms with E-state index >= 15 is 0 Å². The lowest BCUT2D eigenvalue weighted by Gasteiger charge is -2.13. The highest BCUT2D eigenvalue weighted by Gasteiger charge is 2.15. The minimum atomic E-state index is -0.227. The molecule has 1 amide bonds. The van der Waals surface area contributed by atoms with Gasteiger partial charge in [0.05, 0.1) is 12.8 Å². The summed E-state index contributed by atoms with van der Waals surface area (Å²) in [4.78, 5) is 12.6. The third-order valence-corrected chi connectivity index (χ3v) is 4.21. The number of oxime groups is 1. The molecular weight excluding hydrogens is 340 g/mol. The zero-order chi connectivity index (χ0) is 19.2. The van der Waals surface area contributed by atoms with Crippen molar-refractivity contribution in [3.63, 3.8) is 0 Å². The second-order valence-corrected chi connectivity index (χ2v) is 6.04. The summed E-state index contributed by atoms with van der Waals surface area (Å²) >= 11 is 0. The molecular formula is C22H20N2O3. The van der Waals surface area contributed by atoms with Crippen molar-refractivity contribution >= 4 is 17.3 Å². The van der Waals surface area contributed by atoms with Crippen LogP contribution in [0, 0.1) is 6.92 Å². The third-order valence-electron chi connectivity index (χ3n) is 4.21. The molecule has 2 N–H and O–H groups in total. The van der Waals surface area contributed by atoms with Gasteiger partial charge in [-0.2, -0.15) is 0 Å². The molecule has 0 aliphatic carbocycles. The summed E-state index contributed by atoms with van der Waals surface area (Å²) in [7, 11) is 1.59. The number of carbonyl (C=O) groups excluding carboxylic acids is 1. The molecule has 3 rings (SSSR count). The summed E-state index contributed by atoms with van der Waals surface area (Å²) in [5, 5.41) is 16.0. The fourth-order valence-corrected chi connectivity index (χ4v) is 2.71. The van der Waals surface area contributed by atoms with Gasteiger partial charge in [-0.15, -0.1) is 0 Å². The van der Waals surface area contributed by atoms with Gasteiger partial charge in [-0.05, 0) is 49.4 Å². The Hall–Kier alpha value is -3.60. The molecule has 0 aliphatic heterocycles. The molecule has 5 heteroatoms. The molecule has 0 saturated carbocycles. The Morgan fingerprint density at radius 2 is 1.56 bits per heavy atom. The number of methoxy groups -OCH3 is 1. The number of hydrogen-bond donors (Lipinski definition) is 2. The van der Waals surface area contributed by atoms with Crippen LogP contribution in [0.3, 0.4) is 0 Å². The van der Waals surface area contributed by atoms with E-state index in [9.17, 15) is 10.0 Å². The van der Waals surface area contributed by atoms with E-state index in [1.165, 1.54) is 0 Å². The number of aryl methyl sites for hydroxylation is 1. The van der Waals surface area contributed by atoms with Gasteiger partial charge in [-0.25, -0.2) is 0 Å². The quantitative estimate of drug-likeness (QED) is 0.400. The summed E-state index contributed by atoms with van der Waals surface area (Å²) < 4.78 is 5.16. The maximum Gasteiger partial charge on any atom is 0.255 e. The highest BCUT2D eigenvalue weighted by atomic mass is 16.5. The maximum absolute atomic E-state index is 12.6. The van der Waals surface area contributed by atoms with E-state index in [2.05, 4.69) is 10.5 Å². The monoisotopic (exact) mass is 360 g/mol. The Balaban J connectivity index is 1.92. The molecule has 0 radical (unpaired) electrons. The summed E-state index contributed by atoms with van der Waals surface area (Å²) in [6, 6.07) is 21.7. The van der Waals surface area contributed by atoms with Crippen molar-refractivity contribution in [2.24, 2.45) is 5.16 Å². The van der Waals surface area contributed by atoms with Crippen LogP contribution in [0.15, 0.2) is 78.0 Å². The van der Waals surface area contributed by atoms with Crippen molar-refractivity contribution in [2.45, 2.75) is 6.92 Å². The Bertz CT molecular complexity index is 962. The number of carbonyl (C=O) groups is 1. The number of para-hydroxylation sites is 1. The Kier molecular flexibility index (Phi) is 5.52. The van der Waals surface area contributed by atoms with Crippen molar-refractivity contribution in [1.82, 2.24) is 0 Å². The van der Waals surface area contributed by atoms with Crippen molar-refractivity contribution in [1.29, 1.82) is 0 Å². The van der Waals surface area contributed by atoms with Crippen LogP contribution in [-0.2, 0) is 0 Å². The van der Waals surface area contributed by atoms with Gasteiger partial charge in [0, 0.05) is 16.7 Å². The fraction of sp³-hybridized carbons (Fsp3) is 0.0909. The number of amides is 1. The summed E-state index contributed by atoms with van der Waals surface area (Å²) in [5.74, 6) is 0.478. The lowest BCUT2D eigenvalue weighted by Crippen LogP contribution is -2.15. The number of rotatable bonds is 5. The first-order valence-electron chi connectivity index (χ1n) is 8.46. The predicted octanol–water partition coefficient (Wildman–Crippen LogP) is 4.48. The second-order valence-electron chi connectivity index (χ2n) is 6.04. The normalized spacial score (nSPS) is 11.1. The Morgan fingerprint density at radius 3 is 2.19 bits per heavy atom. The molecule has 0 heterocycles. The molecule has 0 saturated heterocycles. The molecule has 27 heavy (non-hydrogen) atoms. The van der Waals surface area contributed by atoms with Crippen LogP contribution < -0.4 is 10.1 Å². The van der Waals surface area contributed by atoms with Crippen molar-refractivity contribution < 1.29 is 14.7 Å². The van der Waals surface area contributed by atoms with Crippen molar-refractivity contribution in [2.75, 3.05) is 12.4 Å². The average Bonchev–Trinajstić information content (AvgIpc) is 2.71. The Morgan fingerprint density at radius 1 is 0.926 bits per heavy atom. The molecule has 3 aromatic carbocycles. The highest BCUT2D eigenvalue weighted by molar-refractivity contribution is 6.17. The molecule has 0 aromatic heterocycles. The number of nitrogens with zero attached hydrogens (tertiary/aromatic N) is 1. The van der Waals surface area contributed by atoms with Crippen molar-refractivity contribution in [3.05, 3.63) is 95.1 Å². The molecule has 0 fully saturated rings. The summed E-state index contributed by atoms with van der Waals surface area (Å²) in [6.07, 6.45) is 0. The van der Waals surface area contributed by atoms with Crippen LogP contribution in [0.4, 0.5) is 5.69 Å². The molecule has 3 aromatic rings. The van der Waals surface area contributed by atoms with Gasteiger partial charge in [-0.3, -0.25) is 4.79 Å². The number of benzene rings is 3. The predicted molar refractivity (Wildman–Crippen MR) is 106 cm³/mol. The molecule has 0 bridgehead atoms. The number of nitrogens with one attached hydrogen (secondary N) is 1. The van der Waals surface area contributed by atoms with Gasteiger partial charge in [0.25, 0.3) is 5.91 Å². The van der Waals surface area contributed by atoms with Gasteiger partial charge >= 0.3 is 0 Å².